The maximum absolute atomic E-state index is 11.1. The summed E-state index contributed by atoms with van der Waals surface area (Å²) >= 11 is 0. The first-order chi connectivity index (χ1) is 7.15. The quantitative estimate of drug-likeness (QED) is 0.430. The molecule has 5 N–H and O–H groups in total. The van der Waals surface area contributed by atoms with Gasteiger partial charge in [-0.1, -0.05) is 30.3 Å². The Morgan fingerprint density at radius 2 is 2.00 bits per heavy atom. The van der Waals surface area contributed by atoms with E-state index in [1.54, 1.807) is 0 Å². The summed E-state index contributed by atoms with van der Waals surface area (Å²) in [6.45, 7) is 0. The largest absolute Gasteiger partial charge is 0.386 e. The fraction of sp³-hybridized carbons (Fsp3) is 0.200. The molecule has 1 unspecified atom stereocenters. The number of nitrogens with two attached hydrogens (primary N) is 1. The van der Waals surface area contributed by atoms with E-state index in [0.29, 0.717) is 0 Å². The zero-order valence-electron chi connectivity index (χ0n) is 8.45. The molecule has 0 saturated carbocycles. The second-order valence-electron chi connectivity index (χ2n) is 3.02. The lowest BCUT2D eigenvalue weighted by atomic mass is 10.1. The highest BCUT2D eigenvalue weighted by molar-refractivity contribution is 5.88. The molecule has 5 nitrogen and oxygen atoms in total. The third kappa shape index (κ3) is 2.98. The molecule has 0 fully saturated rings. The zero-order valence-corrected chi connectivity index (χ0v) is 8.45. The molecule has 0 aliphatic rings. The predicted molar refractivity (Wildman–Crippen MR) is 58.7 cm³/mol. The van der Waals surface area contributed by atoms with Crippen LogP contribution in [0.5, 0.6) is 0 Å². The van der Waals surface area contributed by atoms with Crippen LogP contribution < -0.4 is 16.4 Å². The van der Waals surface area contributed by atoms with Gasteiger partial charge < -0.3 is 16.4 Å². The first-order valence-corrected chi connectivity index (χ1v) is 4.52. The highest BCUT2D eigenvalue weighted by Crippen LogP contribution is 2.11. The van der Waals surface area contributed by atoms with Crippen molar-refractivity contribution in [1.29, 1.82) is 5.41 Å². The van der Waals surface area contributed by atoms with E-state index < -0.39 is 6.04 Å². The van der Waals surface area contributed by atoms with Gasteiger partial charge in [0, 0.05) is 7.05 Å². The number of amidine groups is 1. The summed E-state index contributed by atoms with van der Waals surface area (Å²) in [5, 5.41) is 12.4. The monoisotopic (exact) mass is 206 g/mol. The van der Waals surface area contributed by atoms with Gasteiger partial charge >= 0.3 is 6.03 Å². The molecule has 0 aliphatic heterocycles. The van der Waals surface area contributed by atoms with Crippen LogP contribution in [-0.4, -0.2) is 18.9 Å². The third-order valence-corrected chi connectivity index (χ3v) is 1.95. The Kier molecular flexibility index (Phi) is 3.68. The molecule has 0 heterocycles. The Hall–Kier alpha value is -2.04. The van der Waals surface area contributed by atoms with Gasteiger partial charge in [0.15, 0.2) is 0 Å². The fourth-order valence-corrected chi connectivity index (χ4v) is 1.19. The summed E-state index contributed by atoms with van der Waals surface area (Å²) < 4.78 is 0. The molecule has 1 atom stereocenters. The van der Waals surface area contributed by atoms with Crippen molar-refractivity contribution in [1.82, 2.24) is 10.6 Å². The van der Waals surface area contributed by atoms with E-state index in [0.717, 1.165) is 5.56 Å². The van der Waals surface area contributed by atoms with Gasteiger partial charge in [-0.3, -0.25) is 5.41 Å². The van der Waals surface area contributed by atoms with Crippen molar-refractivity contribution in [2.75, 3.05) is 7.05 Å². The minimum absolute atomic E-state index is 0.0928. The van der Waals surface area contributed by atoms with Crippen LogP contribution in [0.1, 0.15) is 11.6 Å². The number of hydrogen-bond donors (Lipinski definition) is 4. The molecule has 2 amide bonds. The lowest BCUT2D eigenvalue weighted by Gasteiger charge is -2.17. The molecule has 0 spiro atoms. The van der Waals surface area contributed by atoms with Gasteiger partial charge in [-0.2, -0.15) is 0 Å². The van der Waals surface area contributed by atoms with Crippen LogP contribution in [0.3, 0.4) is 0 Å². The molecule has 0 radical (unpaired) electrons. The van der Waals surface area contributed by atoms with E-state index in [-0.39, 0.29) is 11.9 Å². The van der Waals surface area contributed by atoms with Crippen molar-refractivity contribution in [2.45, 2.75) is 6.04 Å². The summed E-state index contributed by atoms with van der Waals surface area (Å²) in [5.74, 6) is -0.0928. The summed E-state index contributed by atoms with van der Waals surface area (Å²) in [7, 11) is 1.51. The Balaban J connectivity index is 2.84. The smallest absolute Gasteiger partial charge is 0.315 e. The van der Waals surface area contributed by atoms with E-state index in [9.17, 15) is 4.79 Å². The number of carbonyl (C=O) groups is 1. The molecule has 80 valence electrons. The average Bonchev–Trinajstić information content (AvgIpc) is 2.26. The van der Waals surface area contributed by atoms with Crippen molar-refractivity contribution in [3.05, 3.63) is 35.9 Å². The van der Waals surface area contributed by atoms with E-state index in [1.165, 1.54) is 7.05 Å². The maximum atomic E-state index is 11.1. The predicted octanol–water partition coefficient (Wildman–Crippen LogP) is 0.593. The SMILES string of the molecule is CNC(=O)NC(C(=N)N)c1ccccc1. The molecule has 0 aromatic heterocycles. The van der Waals surface area contributed by atoms with Gasteiger partial charge in [-0.15, -0.1) is 0 Å². The number of rotatable bonds is 3. The molecule has 1 aromatic rings. The minimum Gasteiger partial charge on any atom is -0.386 e. The zero-order chi connectivity index (χ0) is 11.3. The topological polar surface area (TPSA) is 91.0 Å². The van der Waals surface area contributed by atoms with Crippen molar-refractivity contribution in [3.8, 4) is 0 Å². The van der Waals surface area contributed by atoms with Gasteiger partial charge in [0.1, 0.15) is 11.9 Å². The Labute approximate surface area is 88.2 Å². The Bertz CT molecular complexity index is 350. The van der Waals surface area contributed by atoms with Crippen LogP contribution in [0, 0.1) is 5.41 Å². The van der Waals surface area contributed by atoms with Gasteiger partial charge in [0.25, 0.3) is 0 Å². The second-order valence-corrected chi connectivity index (χ2v) is 3.02. The minimum atomic E-state index is -0.578. The highest BCUT2D eigenvalue weighted by atomic mass is 16.2. The summed E-state index contributed by atoms with van der Waals surface area (Å²) in [5.41, 5.74) is 6.20. The van der Waals surface area contributed by atoms with Crippen molar-refractivity contribution < 1.29 is 4.79 Å². The first-order valence-electron chi connectivity index (χ1n) is 4.52. The van der Waals surface area contributed by atoms with E-state index in [1.807, 2.05) is 30.3 Å². The lowest BCUT2D eigenvalue weighted by molar-refractivity contribution is 0.241. The van der Waals surface area contributed by atoms with Crippen LogP contribution in [-0.2, 0) is 0 Å². The van der Waals surface area contributed by atoms with E-state index >= 15 is 0 Å². The van der Waals surface area contributed by atoms with Crippen LogP contribution in [0.4, 0.5) is 4.79 Å². The van der Waals surface area contributed by atoms with Crippen molar-refractivity contribution in [2.24, 2.45) is 5.73 Å². The van der Waals surface area contributed by atoms with Crippen LogP contribution >= 0.6 is 0 Å². The Morgan fingerprint density at radius 3 is 2.47 bits per heavy atom. The molecule has 0 saturated heterocycles. The van der Waals surface area contributed by atoms with Gasteiger partial charge in [-0.05, 0) is 5.56 Å². The summed E-state index contributed by atoms with van der Waals surface area (Å²) in [4.78, 5) is 11.1. The van der Waals surface area contributed by atoms with Gasteiger partial charge in [-0.25, -0.2) is 4.79 Å². The molecule has 0 bridgehead atoms. The standard InChI is InChI=1S/C10H14N4O/c1-13-10(15)14-8(9(11)12)7-5-3-2-4-6-7/h2-6,8H,1H3,(H3,11,12)(H2,13,14,15). The lowest BCUT2D eigenvalue weighted by Crippen LogP contribution is -2.41. The molecular weight excluding hydrogens is 192 g/mol. The van der Waals surface area contributed by atoms with Gasteiger partial charge in [0.05, 0.1) is 0 Å². The van der Waals surface area contributed by atoms with Crippen LogP contribution in [0.2, 0.25) is 0 Å². The normalized spacial score (nSPS) is 11.5. The molecule has 15 heavy (non-hydrogen) atoms. The molecule has 0 aliphatic carbocycles. The average molecular weight is 206 g/mol. The van der Waals surface area contributed by atoms with Crippen LogP contribution in [0.15, 0.2) is 30.3 Å². The molecular formula is C10H14N4O. The number of amides is 2. The summed E-state index contributed by atoms with van der Waals surface area (Å²) in [6.07, 6.45) is 0. The number of hydrogen-bond acceptors (Lipinski definition) is 2. The molecule has 1 aromatic carbocycles. The van der Waals surface area contributed by atoms with E-state index in [4.69, 9.17) is 11.1 Å². The van der Waals surface area contributed by atoms with E-state index in [2.05, 4.69) is 10.6 Å². The second kappa shape index (κ2) is 4.99. The fourth-order valence-electron chi connectivity index (χ4n) is 1.19. The Morgan fingerprint density at radius 1 is 1.40 bits per heavy atom. The number of carbonyl (C=O) groups excluding carboxylic acids is 1. The van der Waals surface area contributed by atoms with Crippen molar-refractivity contribution >= 4 is 11.9 Å². The number of benzene rings is 1. The maximum Gasteiger partial charge on any atom is 0.315 e. The third-order valence-electron chi connectivity index (χ3n) is 1.95. The van der Waals surface area contributed by atoms with Crippen LogP contribution in [0.25, 0.3) is 0 Å². The highest BCUT2D eigenvalue weighted by Gasteiger charge is 2.15. The summed E-state index contributed by atoms with van der Waals surface area (Å²) in [6, 6.07) is 8.20. The van der Waals surface area contributed by atoms with Crippen molar-refractivity contribution in [3.63, 3.8) is 0 Å². The molecule has 1 rings (SSSR count). The number of urea groups is 1. The molecule has 5 heteroatoms. The van der Waals surface area contributed by atoms with Gasteiger partial charge in [0.2, 0.25) is 0 Å². The number of nitrogens with one attached hydrogen (secondary N) is 3. The first kappa shape index (κ1) is 11.0.